The van der Waals surface area contributed by atoms with Crippen LogP contribution in [-0.4, -0.2) is 18.7 Å². The largest absolute Gasteiger partial charge is 0.286 e. The minimum absolute atomic E-state index is 0. The molecule has 1 N–H and O–H groups in total. The zero-order valence-corrected chi connectivity index (χ0v) is 8.98. The summed E-state index contributed by atoms with van der Waals surface area (Å²) in [6.07, 6.45) is 0. The fraction of sp³-hybridized carbons (Fsp3) is 1.00. The fourth-order valence-corrected chi connectivity index (χ4v) is 0. The molecule has 3 nitrogen and oxygen atoms in total. The molecule has 0 aliphatic heterocycles. The van der Waals surface area contributed by atoms with Crippen molar-refractivity contribution in [2.24, 2.45) is 0 Å². The predicted molar refractivity (Wildman–Crippen MR) is 50.0 cm³/mol. The average Bonchev–Trinajstić information content (AvgIpc) is 1.35. The molecule has 12 heavy (non-hydrogen) atoms. The van der Waals surface area contributed by atoms with E-state index in [9.17, 15) is 8.42 Å². The van der Waals surface area contributed by atoms with Crippen LogP contribution in [0.1, 0.15) is 6.92 Å². The molecule has 0 fully saturated rings. The first-order valence-electron chi connectivity index (χ1n) is 1.51. The van der Waals surface area contributed by atoms with E-state index in [1.165, 1.54) is 6.92 Å². The Kier molecular flexibility index (Phi) is 105. The van der Waals surface area contributed by atoms with E-state index in [4.69, 9.17) is 4.55 Å². The van der Waals surface area contributed by atoms with Gasteiger partial charge in [-0.3, -0.25) is 28.1 Å². The van der Waals surface area contributed by atoms with E-state index in [2.05, 4.69) is 0 Å². The Morgan fingerprint density at radius 1 is 1.00 bits per heavy atom. The predicted octanol–water partition coefficient (Wildman–Crippen LogP) is 1.27. The Bertz CT molecular complexity index is 127. The summed E-state index contributed by atoms with van der Waals surface area (Å²) in [5, 5.41) is 0. The van der Waals surface area contributed by atoms with E-state index in [0.717, 1.165) is 0 Å². The zero-order valence-electron chi connectivity index (χ0n) is 5.83. The van der Waals surface area contributed by atoms with Crippen LogP contribution >= 0.6 is 24.0 Å². The highest BCUT2D eigenvalue weighted by Crippen LogP contribution is 1.74. The molecule has 0 spiro atoms. The first-order valence-corrected chi connectivity index (χ1v) is 3.12. The minimum atomic E-state index is -3.66. The summed E-state index contributed by atoms with van der Waals surface area (Å²) in [4.78, 5) is 0. The molecule has 0 aromatic heterocycles. The highest BCUT2D eigenvalue weighted by Gasteiger charge is 1.93. The highest BCUT2D eigenvalue weighted by molar-refractivity contribution is 14.0. The lowest BCUT2D eigenvalue weighted by atomic mass is 11.0. The van der Waals surface area contributed by atoms with Crippen molar-refractivity contribution in [1.82, 2.24) is 0 Å². The van der Waals surface area contributed by atoms with Crippen molar-refractivity contribution in [3.63, 3.8) is 0 Å². The summed E-state index contributed by atoms with van der Waals surface area (Å²) >= 11 is 0. The molecule has 0 heterocycles. The Balaban J connectivity index is -0.00000000833. The molecule has 86 valence electrons. The van der Waals surface area contributed by atoms with Crippen molar-refractivity contribution >= 4 is 34.1 Å². The van der Waals surface area contributed by atoms with Crippen molar-refractivity contribution in [2.75, 3.05) is 5.75 Å². The van der Waals surface area contributed by atoms with E-state index in [-0.39, 0.29) is 53.3 Å². The SMILES string of the molecule is CCS(=O)(=O)O.F.F.F.F.F.I. The molecule has 0 aromatic carbocycles. The van der Waals surface area contributed by atoms with Crippen LogP contribution in [0.5, 0.6) is 0 Å². The standard InChI is InChI=1S/C2H6O3S.5FH.HI/c1-2-6(3,4)5;;;;;;/h2H2,1H3,(H,3,4,5);6*1H. The molecular formula is C2H12F5IO3S. The summed E-state index contributed by atoms with van der Waals surface area (Å²) in [6, 6.07) is 0. The Morgan fingerprint density at radius 2 is 1.08 bits per heavy atom. The van der Waals surface area contributed by atoms with Crippen LogP contribution in [-0.2, 0) is 10.1 Å². The average molecular weight is 338 g/mol. The van der Waals surface area contributed by atoms with Crippen molar-refractivity contribution in [3.05, 3.63) is 0 Å². The van der Waals surface area contributed by atoms with Gasteiger partial charge in [-0.2, -0.15) is 8.42 Å². The number of rotatable bonds is 1. The molecule has 0 aliphatic rings. The molecule has 0 aliphatic carbocycles. The van der Waals surface area contributed by atoms with Gasteiger partial charge >= 0.3 is 0 Å². The lowest BCUT2D eigenvalue weighted by Gasteiger charge is -1.79. The first-order chi connectivity index (χ1) is 2.56. The summed E-state index contributed by atoms with van der Waals surface area (Å²) in [5.41, 5.74) is 0. The molecule has 0 radical (unpaired) electrons. The van der Waals surface area contributed by atoms with Crippen molar-refractivity contribution < 1.29 is 36.5 Å². The Morgan fingerprint density at radius 3 is 1.08 bits per heavy atom. The summed E-state index contributed by atoms with van der Waals surface area (Å²) in [5.74, 6) is -0.201. The van der Waals surface area contributed by atoms with Crippen LogP contribution in [0, 0.1) is 0 Å². The monoisotopic (exact) mass is 338 g/mol. The quantitative estimate of drug-likeness (QED) is 0.445. The second kappa shape index (κ2) is 22.5. The van der Waals surface area contributed by atoms with E-state index in [0.29, 0.717) is 0 Å². The first kappa shape index (κ1) is 56.0. The van der Waals surface area contributed by atoms with Gasteiger partial charge in [-0.1, -0.05) is 0 Å². The van der Waals surface area contributed by atoms with E-state index in [1.54, 1.807) is 0 Å². The molecule has 0 atom stereocenters. The second-order valence-corrected chi connectivity index (χ2v) is 2.61. The third-order valence-electron chi connectivity index (χ3n) is 0.365. The van der Waals surface area contributed by atoms with Gasteiger partial charge < -0.3 is 0 Å². The Labute approximate surface area is 83.5 Å². The minimum Gasteiger partial charge on any atom is -0.286 e. The lowest BCUT2D eigenvalue weighted by Crippen LogP contribution is -1.97. The molecule has 0 rings (SSSR count). The smallest absolute Gasteiger partial charge is 0.264 e. The molecule has 0 saturated carbocycles. The van der Waals surface area contributed by atoms with Crippen LogP contribution in [0.4, 0.5) is 23.5 Å². The molecule has 0 bridgehead atoms. The van der Waals surface area contributed by atoms with Gasteiger partial charge in [0.1, 0.15) is 0 Å². The summed E-state index contributed by atoms with van der Waals surface area (Å²) in [6.45, 7) is 1.37. The topological polar surface area (TPSA) is 54.4 Å². The molecule has 0 amide bonds. The third-order valence-corrected chi connectivity index (χ3v) is 1.09. The number of hydrogen-bond donors (Lipinski definition) is 1. The van der Waals surface area contributed by atoms with Crippen LogP contribution in [0.15, 0.2) is 0 Å². The maximum absolute atomic E-state index is 9.56. The van der Waals surface area contributed by atoms with Crippen LogP contribution in [0.2, 0.25) is 0 Å². The lowest BCUT2D eigenvalue weighted by molar-refractivity contribution is 0.484. The van der Waals surface area contributed by atoms with Gasteiger partial charge in [0.2, 0.25) is 0 Å². The van der Waals surface area contributed by atoms with E-state index >= 15 is 0 Å². The van der Waals surface area contributed by atoms with Gasteiger partial charge in [-0.05, 0) is 6.92 Å². The molecule has 10 heteroatoms. The maximum atomic E-state index is 9.56. The summed E-state index contributed by atoms with van der Waals surface area (Å²) < 4.78 is 26.9. The Hall–Kier alpha value is 0.290. The van der Waals surface area contributed by atoms with Gasteiger partial charge in [0, 0.05) is 0 Å². The molecule has 0 unspecified atom stereocenters. The maximum Gasteiger partial charge on any atom is 0.264 e. The van der Waals surface area contributed by atoms with E-state index in [1.807, 2.05) is 0 Å². The van der Waals surface area contributed by atoms with Gasteiger partial charge in [-0.15, -0.1) is 24.0 Å². The molecule has 0 saturated heterocycles. The molecular weight excluding hydrogens is 326 g/mol. The van der Waals surface area contributed by atoms with Crippen LogP contribution < -0.4 is 0 Å². The van der Waals surface area contributed by atoms with Gasteiger partial charge in [-0.25, -0.2) is 0 Å². The third kappa shape index (κ3) is 82.0. The second-order valence-electron chi connectivity index (χ2n) is 0.871. The number of halogens is 6. The van der Waals surface area contributed by atoms with Crippen molar-refractivity contribution in [2.45, 2.75) is 6.92 Å². The van der Waals surface area contributed by atoms with Crippen LogP contribution in [0.3, 0.4) is 0 Å². The van der Waals surface area contributed by atoms with E-state index < -0.39 is 10.1 Å². The molecule has 0 aromatic rings. The normalized spacial score (nSPS) is 5.83. The number of hydrogen-bond acceptors (Lipinski definition) is 2. The summed E-state index contributed by atoms with van der Waals surface area (Å²) in [7, 11) is -3.66. The van der Waals surface area contributed by atoms with Gasteiger partial charge in [0.25, 0.3) is 10.1 Å². The van der Waals surface area contributed by atoms with Crippen molar-refractivity contribution in [1.29, 1.82) is 0 Å². The fourth-order valence-electron chi connectivity index (χ4n) is 0. The highest BCUT2D eigenvalue weighted by atomic mass is 127. The van der Waals surface area contributed by atoms with Gasteiger partial charge in [0.05, 0.1) is 5.75 Å². The zero-order chi connectivity index (χ0) is 5.21. The van der Waals surface area contributed by atoms with Crippen LogP contribution in [0.25, 0.3) is 0 Å². The van der Waals surface area contributed by atoms with Gasteiger partial charge in [0.15, 0.2) is 0 Å². The van der Waals surface area contributed by atoms with Crippen molar-refractivity contribution in [3.8, 4) is 0 Å².